The summed E-state index contributed by atoms with van der Waals surface area (Å²) in [5, 5.41) is 0. The maximum absolute atomic E-state index is 13.3. The van der Waals surface area contributed by atoms with Crippen molar-refractivity contribution in [3.8, 4) is 0 Å². The first-order chi connectivity index (χ1) is 8.06. The maximum atomic E-state index is 13.3. The zero-order chi connectivity index (χ0) is 12.4. The summed E-state index contributed by atoms with van der Waals surface area (Å²) >= 11 is 3.38. The molecule has 1 heterocycles. The molecule has 0 saturated carbocycles. The quantitative estimate of drug-likeness (QED) is 0.786. The van der Waals surface area contributed by atoms with E-state index in [4.69, 9.17) is 0 Å². The Morgan fingerprint density at radius 1 is 1.41 bits per heavy atom. The Bertz CT molecular complexity index is 439. The molecule has 1 aliphatic heterocycles. The summed E-state index contributed by atoms with van der Waals surface area (Å²) in [5.41, 5.74) is 0.442. The summed E-state index contributed by atoms with van der Waals surface area (Å²) in [5.74, 6) is -1.05. The van der Waals surface area contributed by atoms with Crippen LogP contribution in [0.15, 0.2) is 18.2 Å². The van der Waals surface area contributed by atoms with E-state index in [0.717, 1.165) is 6.07 Å². The highest BCUT2D eigenvalue weighted by molar-refractivity contribution is 9.09. The van der Waals surface area contributed by atoms with Crippen molar-refractivity contribution in [1.29, 1.82) is 0 Å². The molecular weight excluding hydrogens is 292 g/mol. The first-order valence-electron chi connectivity index (χ1n) is 5.42. The van der Waals surface area contributed by atoms with Gasteiger partial charge in [0, 0.05) is 30.4 Å². The Kier molecular flexibility index (Phi) is 3.76. The number of rotatable bonds is 3. The molecular formula is C12H12BrF2NO. The van der Waals surface area contributed by atoms with Crippen LogP contribution in [-0.4, -0.2) is 28.7 Å². The number of likely N-dealkylation sites (tertiary alicyclic amines) is 1. The summed E-state index contributed by atoms with van der Waals surface area (Å²) in [7, 11) is 0. The fraction of sp³-hybridized carbons (Fsp3) is 0.417. The minimum atomic E-state index is -0.580. The standard InChI is InChI=1S/C12H12BrF2NO/c13-9-5-12(17)16(7-9)4-3-8-1-2-10(14)6-11(8)15/h1-2,6,9H,3-5,7H2. The molecule has 1 aromatic rings. The number of nitrogens with zero attached hydrogens (tertiary/aromatic N) is 1. The maximum Gasteiger partial charge on any atom is 0.223 e. The van der Waals surface area contributed by atoms with Crippen molar-refractivity contribution in [1.82, 2.24) is 4.90 Å². The van der Waals surface area contributed by atoms with Gasteiger partial charge in [-0.1, -0.05) is 22.0 Å². The second kappa shape index (κ2) is 5.12. The average molecular weight is 304 g/mol. The van der Waals surface area contributed by atoms with Crippen LogP contribution in [0.4, 0.5) is 8.78 Å². The molecule has 0 aromatic heterocycles. The van der Waals surface area contributed by atoms with Gasteiger partial charge in [-0.05, 0) is 18.1 Å². The molecule has 1 fully saturated rings. The third-order valence-corrected chi connectivity index (χ3v) is 3.45. The van der Waals surface area contributed by atoms with E-state index in [-0.39, 0.29) is 10.7 Å². The van der Waals surface area contributed by atoms with E-state index in [1.54, 1.807) is 4.90 Å². The van der Waals surface area contributed by atoms with Gasteiger partial charge >= 0.3 is 0 Å². The van der Waals surface area contributed by atoms with Crippen LogP contribution in [0.5, 0.6) is 0 Å². The molecule has 0 aliphatic carbocycles. The molecule has 0 N–H and O–H groups in total. The van der Waals surface area contributed by atoms with Gasteiger partial charge in [-0.2, -0.15) is 0 Å². The summed E-state index contributed by atoms with van der Waals surface area (Å²) in [6.45, 7) is 1.13. The van der Waals surface area contributed by atoms with Crippen LogP contribution >= 0.6 is 15.9 Å². The first kappa shape index (κ1) is 12.5. The van der Waals surface area contributed by atoms with Gasteiger partial charge in [0.05, 0.1) is 0 Å². The smallest absolute Gasteiger partial charge is 0.223 e. The van der Waals surface area contributed by atoms with Gasteiger partial charge in [0.15, 0.2) is 0 Å². The van der Waals surface area contributed by atoms with Crippen LogP contribution in [0.3, 0.4) is 0 Å². The average Bonchev–Trinajstić information content (AvgIpc) is 2.56. The molecule has 2 rings (SSSR count). The van der Waals surface area contributed by atoms with Gasteiger partial charge in [0.1, 0.15) is 11.6 Å². The molecule has 1 aromatic carbocycles. The number of benzene rings is 1. The second-order valence-electron chi connectivity index (χ2n) is 4.13. The number of carbonyl (C=O) groups excluding carboxylic acids is 1. The molecule has 1 atom stereocenters. The third kappa shape index (κ3) is 3.03. The van der Waals surface area contributed by atoms with Crippen LogP contribution in [0.1, 0.15) is 12.0 Å². The lowest BCUT2D eigenvalue weighted by molar-refractivity contribution is -0.127. The number of halogens is 3. The molecule has 0 spiro atoms. The third-order valence-electron chi connectivity index (χ3n) is 2.83. The van der Waals surface area contributed by atoms with Gasteiger partial charge in [0.2, 0.25) is 5.91 Å². The fourth-order valence-corrected chi connectivity index (χ4v) is 2.55. The number of alkyl halides is 1. The summed E-state index contributed by atoms with van der Waals surface area (Å²) < 4.78 is 26.0. The van der Waals surface area contributed by atoms with Crippen molar-refractivity contribution in [2.75, 3.05) is 13.1 Å². The lowest BCUT2D eigenvalue weighted by Gasteiger charge is -2.15. The van der Waals surface area contributed by atoms with Gasteiger partial charge < -0.3 is 4.90 Å². The van der Waals surface area contributed by atoms with Crippen molar-refractivity contribution < 1.29 is 13.6 Å². The van der Waals surface area contributed by atoms with E-state index in [2.05, 4.69) is 15.9 Å². The van der Waals surface area contributed by atoms with E-state index in [1.165, 1.54) is 12.1 Å². The SMILES string of the molecule is O=C1CC(Br)CN1CCc1ccc(F)cc1F. The molecule has 2 nitrogen and oxygen atoms in total. The Morgan fingerprint density at radius 2 is 2.18 bits per heavy atom. The fourth-order valence-electron chi connectivity index (χ4n) is 1.92. The van der Waals surface area contributed by atoms with Crippen LogP contribution < -0.4 is 0 Å². The Morgan fingerprint density at radius 3 is 2.76 bits per heavy atom. The largest absolute Gasteiger partial charge is 0.341 e. The van der Waals surface area contributed by atoms with Gasteiger partial charge in [-0.25, -0.2) is 8.78 Å². The van der Waals surface area contributed by atoms with Crippen molar-refractivity contribution in [3.05, 3.63) is 35.4 Å². The number of hydrogen-bond donors (Lipinski definition) is 0. The van der Waals surface area contributed by atoms with Crippen molar-refractivity contribution in [2.45, 2.75) is 17.7 Å². The highest BCUT2D eigenvalue weighted by atomic mass is 79.9. The molecule has 0 bridgehead atoms. The zero-order valence-electron chi connectivity index (χ0n) is 9.13. The van der Waals surface area contributed by atoms with Gasteiger partial charge in [-0.15, -0.1) is 0 Å². The highest BCUT2D eigenvalue weighted by Crippen LogP contribution is 2.19. The summed E-state index contributed by atoms with van der Waals surface area (Å²) in [6.07, 6.45) is 0.906. The molecule has 17 heavy (non-hydrogen) atoms. The van der Waals surface area contributed by atoms with Crippen LogP contribution in [0.2, 0.25) is 0 Å². The number of carbonyl (C=O) groups is 1. The number of amides is 1. The molecule has 1 aliphatic rings. The predicted octanol–water partition coefficient (Wildman–Crippen LogP) is 2.50. The molecule has 5 heteroatoms. The molecule has 1 saturated heterocycles. The summed E-state index contributed by atoms with van der Waals surface area (Å²) in [4.78, 5) is 13.4. The monoisotopic (exact) mass is 303 g/mol. The van der Waals surface area contributed by atoms with E-state index in [0.29, 0.717) is 31.5 Å². The topological polar surface area (TPSA) is 20.3 Å². The van der Waals surface area contributed by atoms with E-state index in [9.17, 15) is 13.6 Å². The minimum absolute atomic E-state index is 0.0781. The minimum Gasteiger partial charge on any atom is -0.341 e. The van der Waals surface area contributed by atoms with Crippen LogP contribution in [-0.2, 0) is 11.2 Å². The lowest BCUT2D eigenvalue weighted by atomic mass is 10.1. The molecule has 1 unspecified atom stereocenters. The van der Waals surface area contributed by atoms with Crippen molar-refractivity contribution >= 4 is 21.8 Å². The lowest BCUT2D eigenvalue weighted by Crippen LogP contribution is -2.27. The Labute approximate surface area is 107 Å². The Hall–Kier alpha value is -0.970. The van der Waals surface area contributed by atoms with Crippen molar-refractivity contribution in [2.24, 2.45) is 0 Å². The first-order valence-corrected chi connectivity index (χ1v) is 6.33. The van der Waals surface area contributed by atoms with Gasteiger partial charge in [-0.3, -0.25) is 4.79 Å². The highest BCUT2D eigenvalue weighted by Gasteiger charge is 2.27. The van der Waals surface area contributed by atoms with Crippen LogP contribution in [0, 0.1) is 11.6 Å². The molecule has 92 valence electrons. The van der Waals surface area contributed by atoms with E-state index < -0.39 is 11.6 Å². The normalized spacial score (nSPS) is 20.1. The number of hydrogen-bond acceptors (Lipinski definition) is 1. The van der Waals surface area contributed by atoms with E-state index in [1.807, 2.05) is 0 Å². The zero-order valence-corrected chi connectivity index (χ0v) is 10.7. The Balaban J connectivity index is 1.96. The predicted molar refractivity (Wildman–Crippen MR) is 64.0 cm³/mol. The summed E-state index contributed by atoms with van der Waals surface area (Å²) in [6, 6.07) is 3.53. The van der Waals surface area contributed by atoms with E-state index >= 15 is 0 Å². The van der Waals surface area contributed by atoms with Gasteiger partial charge in [0.25, 0.3) is 0 Å². The van der Waals surface area contributed by atoms with Crippen molar-refractivity contribution in [3.63, 3.8) is 0 Å². The molecule has 0 radical (unpaired) electrons. The second-order valence-corrected chi connectivity index (χ2v) is 5.42. The molecule has 1 amide bonds. The van der Waals surface area contributed by atoms with Crippen LogP contribution in [0.25, 0.3) is 0 Å².